The van der Waals surface area contributed by atoms with Gasteiger partial charge in [-0.1, -0.05) is 39.2 Å². The first kappa shape index (κ1) is 21.0. The van der Waals surface area contributed by atoms with Crippen LogP contribution in [0.1, 0.15) is 38.8 Å². The molecule has 0 fully saturated rings. The van der Waals surface area contributed by atoms with Gasteiger partial charge in [-0.05, 0) is 48.5 Å². The molecule has 0 amide bonds. The highest BCUT2D eigenvalue weighted by Crippen LogP contribution is 2.16. The van der Waals surface area contributed by atoms with Gasteiger partial charge in [0.25, 0.3) is 0 Å². The molecule has 0 saturated carbocycles. The number of pyridine rings is 1. The zero-order valence-electron chi connectivity index (χ0n) is 15.5. The van der Waals surface area contributed by atoms with E-state index in [9.17, 15) is 0 Å². The Hall–Kier alpha value is -3.08. The molecule has 0 aliphatic carbocycles. The average Bonchev–Trinajstić information content (AvgIpc) is 3.26. The Kier molecular flexibility index (Phi) is 10.7. The quantitative estimate of drug-likeness (QED) is 0.454. The van der Waals surface area contributed by atoms with Crippen LogP contribution in [-0.2, 0) is 0 Å². The Labute approximate surface area is 155 Å². The molecule has 0 saturated heterocycles. The Morgan fingerprint density at radius 1 is 1.00 bits per heavy atom. The third-order valence-corrected chi connectivity index (χ3v) is 3.23. The molecule has 2 aromatic heterocycles. The minimum Gasteiger partial charge on any atom is -0.508 e. The number of unbranched alkanes of at least 4 members (excludes halogenated alkanes) is 2. The summed E-state index contributed by atoms with van der Waals surface area (Å²) in [6.45, 7) is 4.42. The molecule has 4 N–H and O–H groups in total. The molecule has 3 rings (SSSR count). The fraction of sp³-hybridized carbons (Fsp3) is 0.238. The first-order valence-corrected chi connectivity index (χ1v) is 8.79. The molecule has 0 radical (unpaired) electrons. The van der Waals surface area contributed by atoms with Crippen LogP contribution in [0.25, 0.3) is 0 Å². The molecule has 1 aromatic carbocycles. The van der Waals surface area contributed by atoms with Gasteiger partial charge in [-0.25, -0.2) is 4.99 Å². The van der Waals surface area contributed by atoms with E-state index in [-0.39, 0.29) is 5.75 Å². The van der Waals surface area contributed by atoms with Crippen molar-refractivity contribution in [2.75, 3.05) is 0 Å². The normalized spacial score (nSPS) is 10.2. The third kappa shape index (κ3) is 9.27. The predicted molar refractivity (Wildman–Crippen MR) is 109 cm³/mol. The van der Waals surface area contributed by atoms with Crippen molar-refractivity contribution >= 4 is 11.5 Å². The standard InChI is InChI=1S/C12H11N3O.C5H12.C4H5N/c13-12(11-3-1-2-8-14-11)15-9-4-6-10(16)7-5-9;1-3-5-4-2;1-2-4-5-3-1/h1-8,16H,(H2,13,15);3-5H2,1-2H3;1-5H. The van der Waals surface area contributed by atoms with Crippen LogP contribution < -0.4 is 5.73 Å². The van der Waals surface area contributed by atoms with Crippen LogP contribution in [0.3, 0.4) is 0 Å². The van der Waals surface area contributed by atoms with Crippen molar-refractivity contribution in [3.8, 4) is 5.75 Å². The van der Waals surface area contributed by atoms with E-state index in [1.807, 2.05) is 36.7 Å². The van der Waals surface area contributed by atoms with Crippen LogP contribution in [0.2, 0.25) is 0 Å². The second kappa shape index (κ2) is 13.2. The molecule has 5 heteroatoms. The van der Waals surface area contributed by atoms with Crippen molar-refractivity contribution in [3.05, 3.63) is 78.9 Å². The fourth-order valence-electron chi connectivity index (χ4n) is 1.87. The summed E-state index contributed by atoms with van der Waals surface area (Å²) in [5.41, 5.74) is 7.11. The Bertz CT molecular complexity index is 688. The van der Waals surface area contributed by atoms with Crippen molar-refractivity contribution in [1.29, 1.82) is 0 Å². The number of aromatic amines is 1. The molecular weight excluding hydrogens is 324 g/mol. The number of nitrogens with one attached hydrogen (secondary N) is 1. The summed E-state index contributed by atoms with van der Waals surface area (Å²) in [5, 5.41) is 9.12. The highest BCUT2D eigenvalue weighted by atomic mass is 16.3. The van der Waals surface area contributed by atoms with E-state index in [2.05, 4.69) is 28.8 Å². The second-order valence-corrected chi connectivity index (χ2v) is 5.47. The lowest BCUT2D eigenvalue weighted by molar-refractivity contribution is 0.475. The number of phenols is 1. The second-order valence-electron chi connectivity index (χ2n) is 5.47. The topological polar surface area (TPSA) is 87.3 Å². The molecule has 0 spiro atoms. The summed E-state index contributed by atoms with van der Waals surface area (Å²) in [6, 6.07) is 15.8. The third-order valence-electron chi connectivity index (χ3n) is 3.23. The van der Waals surface area contributed by atoms with Crippen LogP contribution in [-0.4, -0.2) is 20.9 Å². The van der Waals surface area contributed by atoms with E-state index in [0.717, 1.165) is 0 Å². The predicted octanol–water partition coefficient (Wildman–Crippen LogP) is 5.04. The van der Waals surface area contributed by atoms with E-state index < -0.39 is 0 Å². The Balaban J connectivity index is 0.000000277. The van der Waals surface area contributed by atoms with E-state index in [1.54, 1.807) is 36.5 Å². The number of aliphatic imine (C=N–C) groups is 1. The van der Waals surface area contributed by atoms with E-state index >= 15 is 0 Å². The van der Waals surface area contributed by atoms with Gasteiger partial charge < -0.3 is 15.8 Å². The number of aromatic hydroxyl groups is 1. The maximum atomic E-state index is 9.12. The Morgan fingerprint density at radius 3 is 2.08 bits per heavy atom. The number of hydrogen-bond acceptors (Lipinski definition) is 3. The van der Waals surface area contributed by atoms with Gasteiger partial charge in [-0.15, -0.1) is 0 Å². The minimum absolute atomic E-state index is 0.204. The molecule has 2 heterocycles. The highest BCUT2D eigenvalue weighted by Gasteiger charge is 1.98. The number of nitrogens with zero attached hydrogens (tertiary/aromatic N) is 2. The minimum atomic E-state index is 0.204. The van der Waals surface area contributed by atoms with Crippen LogP contribution >= 0.6 is 0 Å². The van der Waals surface area contributed by atoms with Crippen molar-refractivity contribution in [2.45, 2.75) is 33.1 Å². The first-order valence-electron chi connectivity index (χ1n) is 8.79. The molecule has 0 bridgehead atoms. The number of amidine groups is 1. The smallest absolute Gasteiger partial charge is 0.150 e. The molecule has 0 atom stereocenters. The summed E-state index contributed by atoms with van der Waals surface area (Å²) < 4.78 is 0. The van der Waals surface area contributed by atoms with Crippen molar-refractivity contribution in [1.82, 2.24) is 9.97 Å². The Morgan fingerprint density at radius 2 is 1.65 bits per heavy atom. The summed E-state index contributed by atoms with van der Waals surface area (Å²) >= 11 is 0. The maximum Gasteiger partial charge on any atom is 0.150 e. The summed E-state index contributed by atoms with van der Waals surface area (Å²) in [4.78, 5) is 11.1. The van der Waals surface area contributed by atoms with Gasteiger partial charge in [-0.3, -0.25) is 4.98 Å². The SMILES string of the molecule is CCCCC.NC(=Nc1ccc(O)cc1)c1ccccn1.c1cc[nH]c1. The molecule has 5 nitrogen and oxygen atoms in total. The number of H-pyrrole nitrogens is 1. The van der Waals surface area contributed by atoms with Crippen molar-refractivity contribution < 1.29 is 5.11 Å². The monoisotopic (exact) mass is 352 g/mol. The highest BCUT2D eigenvalue weighted by molar-refractivity contribution is 5.97. The van der Waals surface area contributed by atoms with Gasteiger partial charge in [0.1, 0.15) is 17.3 Å². The van der Waals surface area contributed by atoms with Crippen LogP contribution in [0.4, 0.5) is 5.69 Å². The van der Waals surface area contributed by atoms with Gasteiger partial charge in [0.15, 0.2) is 0 Å². The summed E-state index contributed by atoms with van der Waals surface area (Å²) in [7, 11) is 0. The van der Waals surface area contributed by atoms with E-state index in [1.165, 1.54) is 19.3 Å². The van der Waals surface area contributed by atoms with Gasteiger partial charge in [0, 0.05) is 18.6 Å². The molecule has 0 aliphatic heterocycles. The number of nitrogens with two attached hydrogens (primary N) is 1. The zero-order valence-corrected chi connectivity index (χ0v) is 15.5. The molecule has 138 valence electrons. The van der Waals surface area contributed by atoms with Crippen molar-refractivity contribution in [3.63, 3.8) is 0 Å². The van der Waals surface area contributed by atoms with Crippen molar-refractivity contribution in [2.24, 2.45) is 10.7 Å². The van der Waals surface area contributed by atoms with E-state index in [0.29, 0.717) is 17.2 Å². The summed E-state index contributed by atoms with van der Waals surface area (Å²) in [6.07, 6.45) is 9.49. The number of rotatable bonds is 4. The van der Waals surface area contributed by atoms with E-state index in [4.69, 9.17) is 10.8 Å². The number of benzene rings is 1. The number of hydrogen-bond donors (Lipinski definition) is 3. The lowest BCUT2D eigenvalue weighted by Gasteiger charge is -1.99. The van der Waals surface area contributed by atoms with Gasteiger partial charge in [0.05, 0.1) is 5.69 Å². The van der Waals surface area contributed by atoms with Crippen LogP contribution in [0.15, 0.2) is 78.2 Å². The van der Waals surface area contributed by atoms with Gasteiger partial charge in [-0.2, -0.15) is 0 Å². The molecule has 26 heavy (non-hydrogen) atoms. The number of phenolic OH excluding ortho intramolecular Hbond substituents is 1. The first-order chi connectivity index (χ1) is 12.7. The fourth-order valence-corrected chi connectivity index (χ4v) is 1.87. The molecule has 3 aromatic rings. The lowest BCUT2D eigenvalue weighted by Crippen LogP contribution is -2.14. The largest absolute Gasteiger partial charge is 0.508 e. The van der Waals surface area contributed by atoms with Gasteiger partial charge >= 0.3 is 0 Å². The maximum absolute atomic E-state index is 9.12. The molecule has 0 aliphatic rings. The number of aromatic nitrogens is 2. The molecular formula is C21H28N4O. The van der Waals surface area contributed by atoms with Crippen LogP contribution in [0.5, 0.6) is 5.75 Å². The average molecular weight is 352 g/mol. The van der Waals surface area contributed by atoms with Gasteiger partial charge in [0.2, 0.25) is 0 Å². The zero-order chi connectivity index (χ0) is 19.0. The summed E-state index contributed by atoms with van der Waals surface area (Å²) in [5.74, 6) is 0.557. The van der Waals surface area contributed by atoms with Crippen LogP contribution in [0, 0.1) is 0 Å². The lowest BCUT2D eigenvalue weighted by atomic mass is 10.3. The molecule has 0 unspecified atom stereocenters.